The van der Waals surface area contributed by atoms with Crippen molar-refractivity contribution in [2.45, 2.75) is 16.6 Å². The normalized spacial score (nSPS) is 11.9. The van der Waals surface area contributed by atoms with Crippen molar-refractivity contribution in [3.63, 3.8) is 0 Å². The van der Waals surface area contributed by atoms with Gasteiger partial charge in [-0.1, -0.05) is 23.2 Å². The number of carbonyl (C=O) groups excluding carboxylic acids is 1. The summed E-state index contributed by atoms with van der Waals surface area (Å²) in [4.78, 5) is 12.2. The predicted molar refractivity (Wildman–Crippen MR) is 114 cm³/mol. The number of alkyl halides is 6. The van der Waals surface area contributed by atoms with Crippen LogP contribution < -0.4 is 10.1 Å². The minimum atomic E-state index is -4.85. The Morgan fingerprint density at radius 3 is 2.00 bits per heavy atom. The average molecular weight is 526 g/mol. The van der Waals surface area contributed by atoms with Crippen molar-refractivity contribution in [1.29, 1.82) is 0 Å². The molecule has 0 aliphatic carbocycles. The quantitative estimate of drug-likeness (QED) is 0.267. The Hall–Kier alpha value is -2.56. The monoisotopic (exact) mass is 525 g/mol. The molecule has 33 heavy (non-hydrogen) atoms. The fourth-order valence-corrected chi connectivity index (χ4v) is 3.71. The Kier molecular flexibility index (Phi) is 7.40. The Morgan fingerprint density at radius 2 is 1.45 bits per heavy atom. The molecule has 3 aromatic rings. The van der Waals surface area contributed by atoms with E-state index in [-0.39, 0.29) is 43.7 Å². The van der Waals surface area contributed by atoms with Gasteiger partial charge >= 0.3 is 11.7 Å². The molecule has 3 rings (SSSR count). The summed E-state index contributed by atoms with van der Waals surface area (Å²) in [5, 5.41) is 2.67. The molecule has 0 unspecified atom stereocenters. The smallest absolute Gasteiger partial charge is 0.446 e. The number of rotatable bonds is 5. The number of hydrogen-bond donors (Lipinski definition) is 1. The zero-order chi connectivity index (χ0) is 24.4. The Labute approximate surface area is 197 Å². The first kappa shape index (κ1) is 25.1. The van der Waals surface area contributed by atoms with Crippen molar-refractivity contribution in [2.75, 3.05) is 5.32 Å². The molecular weight excluding hydrogens is 515 g/mol. The van der Waals surface area contributed by atoms with Gasteiger partial charge in [0.15, 0.2) is 0 Å². The zero-order valence-corrected chi connectivity index (χ0v) is 18.4. The maximum Gasteiger partial charge on any atom is 0.446 e. The molecule has 3 nitrogen and oxygen atoms in total. The van der Waals surface area contributed by atoms with Crippen LogP contribution in [-0.2, 0) is 6.18 Å². The maximum atomic E-state index is 13.6. The third-order valence-electron chi connectivity index (χ3n) is 3.95. The first-order valence-electron chi connectivity index (χ1n) is 8.82. The van der Waals surface area contributed by atoms with E-state index >= 15 is 0 Å². The molecule has 174 valence electrons. The summed E-state index contributed by atoms with van der Waals surface area (Å²) in [6.45, 7) is 0. The molecule has 1 amide bonds. The van der Waals surface area contributed by atoms with Crippen LogP contribution in [-0.4, -0.2) is 11.4 Å². The summed E-state index contributed by atoms with van der Waals surface area (Å²) < 4.78 is 83.3. The molecule has 0 radical (unpaired) electrons. The lowest BCUT2D eigenvalue weighted by atomic mass is 10.1. The lowest BCUT2D eigenvalue weighted by molar-refractivity contribution is -0.138. The highest BCUT2D eigenvalue weighted by atomic mass is 35.5. The number of thioether (sulfide) groups is 1. The van der Waals surface area contributed by atoms with Gasteiger partial charge in [-0.2, -0.15) is 26.3 Å². The highest BCUT2D eigenvalue weighted by Crippen LogP contribution is 2.41. The fourth-order valence-electron chi connectivity index (χ4n) is 2.64. The summed E-state index contributed by atoms with van der Waals surface area (Å²) >= 11 is 11.3. The van der Waals surface area contributed by atoms with Gasteiger partial charge in [0.05, 0.1) is 0 Å². The van der Waals surface area contributed by atoms with Crippen molar-refractivity contribution in [2.24, 2.45) is 0 Å². The molecule has 12 heteroatoms. The SMILES string of the molecule is O=C(Nc1ccc(Oc2ccc(SC(F)(F)F)cc2)c(C(F)(F)F)c1)c1cc(Cl)cc(Cl)c1. The van der Waals surface area contributed by atoms with Crippen molar-refractivity contribution < 1.29 is 35.9 Å². The predicted octanol–water partition coefficient (Wildman–Crippen LogP) is 8.67. The molecule has 0 atom stereocenters. The molecule has 0 bridgehead atoms. The third kappa shape index (κ3) is 7.21. The van der Waals surface area contributed by atoms with Crippen LogP contribution in [0.25, 0.3) is 0 Å². The van der Waals surface area contributed by atoms with E-state index in [0.717, 1.165) is 30.3 Å². The van der Waals surface area contributed by atoms with Crippen LogP contribution >= 0.6 is 35.0 Å². The number of ether oxygens (including phenoxy) is 1. The van der Waals surface area contributed by atoms with Gasteiger partial charge in [0.2, 0.25) is 0 Å². The van der Waals surface area contributed by atoms with Crippen molar-refractivity contribution in [3.8, 4) is 11.5 Å². The minimum Gasteiger partial charge on any atom is -0.457 e. The summed E-state index contributed by atoms with van der Waals surface area (Å²) in [6, 6.07) is 11.2. The van der Waals surface area contributed by atoms with E-state index in [1.807, 2.05) is 0 Å². The van der Waals surface area contributed by atoms with E-state index in [1.165, 1.54) is 24.3 Å². The van der Waals surface area contributed by atoms with Crippen LogP contribution in [0, 0.1) is 0 Å². The molecule has 0 saturated heterocycles. The summed E-state index contributed by atoms with van der Waals surface area (Å²) in [6.07, 6.45) is -4.85. The molecule has 0 aliphatic rings. The first-order chi connectivity index (χ1) is 15.3. The molecule has 0 fully saturated rings. The topological polar surface area (TPSA) is 38.3 Å². The van der Waals surface area contributed by atoms with Crippen molar-refractivity contribution in [3.05, 3.63) is 81.8 Å². The molecule has 3 aromatic carbocycles. The fraction of sp³-hybridized carbons (Fsp3) is 0.0952. The average Bonchev–Trinajstić information content (AvgIpc) is 2.68. The highest BCUT2D eigenvalue weighted by molar-refractivity contribution is 8.00. The summed E-state index contributed by atoms with van der Waals surface area (Å²) in [5.74, 6) is -1.43. The molecule has 0 aliphatic heterocycles. The van der Waals surface area contributed by atoms with E-state index < -0.39 is 28.9 Å². The molecule has 1 N–H and O–H groups in total. The second-order valence-corrected chi connectivity index (χ2v) is 8.45. The number of amides is 1. The second-order valence-electron chi connectivity index (χ2n) is 6.44. The van der Waals surface area contributed by atoms with E-state index in [4.69, 9.17) is 27.9 Å². The number of benzene rings is 3. The minimum absolute atomic E-state index is 0.0400. The summed E-state index contributed by atoms with van der Waals surface area (Å²) in [7, 11) is 0. The van der Waals surface area contributed by atoms with Crippen molar-refractivity contribution in [1.82, 2.24) is 0 Å². The number of carbonyl (C=O) groups is 1. The number of halogens is 8. The third-order valence-corrected chi connectivity index (χ3v) is 5.13. The van der Waals surface area contributed by atoms with Crippen LogP contribution in [0.5, 0.6) is 11.5 Å². The van der Waals surface area contributed by atoms with Gasteiger partial charge < -0.3 is 10.1 Å². The standard InChI is InChI=1S/C21H11Cl2F6NO2S/c22-12-7-11(8-13(23)9-12)19(31)30-14-1-6-18(17(10-14)20(24,25)26)32-15-2-4-16(5-3-15)33-21(27,28)29/h1-10H,(H,30,31). The number of nitrogens with one attached hydrogen (secondary N) is 1. The lowest BCUT2D eigenvalue weighted by Gasteiger charge is -2.16. The largest absolute Gasteiger partial charge is 0.457 e. The molecule has 0 spiro atoms. The Balaban J connectivity index is 1.83. The van der Waals surface area contributed by atoms with Crippen LogP contribution in [0.15, 0.2) is 65.6 Å². The second kappa shape index (κ2) is 9.74. The van der Waals surface area contributed by atoms with Crippen LogP contribution in [0.3, 0.4) is 0 Å². The highest BCUT2D eigenvalue weighted by Gasteiger charge is 2.35. The van der Waals surface area contributed by atoms with E-state index in [9.17, 15) is 31.1 Å². The maximum absolute atomic E-state index is 13.6. The molecule has 0 saturated carbocycles. The van der Waals surface area contributed by atoms with E-state index in [2.05, 4.69) is 5.32 Å². The first-order valence-corrected chi connectivity index (χ1v) is 10.4. The molecular formula is C21H11Cl2F6NO2S. The van der Waals surface area contributed by atoms with Gasteiger partial charge in [-0.3, -0.25) is 4.79 Å². The van der Waals surface area contributed by atoms with E-state index in [0.29, 0.717) is 6.07 Å². The Bertz CT molecular complexity index is 1150. The Morgan fingerprint density at radius 1 is 0.848 bits per heavy atom. The zero-order valence-electron chi connectivity index (χ0n) is 16.0. The number of anilines is 1. The van der Waals surface area contributed by atoms with Gasteiger partial charge in [0.1, 0.15) is 17.1 Å². The van der Waals surface area contributed by atoms with E-state index in [1.54, 1.807) is 0 Å². The van der Waals surface area contributed by atoms with Gasteiger partial charge in [-0.15, -0.1) is 0 Å². The van der Waals surface area contributed by atoms with Crippen LogP contribution in [0.4, 0.5) is 32.0 Å². The number of hydrogen-bond acceptors (Lipinski definition) is 3. The molecule has 0 aromatic heterocycles. The van der Waals surface area contributed by atoms with Crippen molar-refractivity contribution >= 4 is 46.6 Å². The van der Waals surface area contributed by atoms with Gasteiger partial charge in [0.25, 0.3) is 5.91 Å². The van der Waals surface area contributed by atoms with Crippen LogP contribution in [0.2, 0.25) is 10.0 Å². The van der Waals surface area contributed by atoms with Crippen LogP contribution in [0.1, 0.15) is 15.9 Å². The van der Waals surface area contributed by atoms with Gasteiger partial charge in [0, 0.05) is 26.2 Å². The lowest BCUT2D eigenvalue weighted by Crippen LogP contribution is -2.14. The molecule has 0 heterocycles. The van der Waals surface area contributed by atoms with Gasteiger partial charge in [-0.25, -0.2) is 0 Å². The summed E-state index contributed by atoms with van der Waals surface area (Å²) in [5.41, 5.74) is -5.83. The van der Waals surface area contributed by atoms with Gasteiger partial charge in [-0.05, 0) is 72.4 Å².